The van der Waals surface area contributed by atoms with Crippen molar-refractivity contribution in [2.24, 2.45) is 0 Å². The molecule has 0 atom stereocenters. The third-order valence-electron chi connectivity index (χ3n) is 16.6. The first-order valence-corrected chi connectivity index (χ1v) is 27.3. The van der Waals surface area contributed by atoms with E-state index in [4.69, 9.17) is 0 Å². The summed E-state index contributed by atoms with van der Waals surface area (Å²) in [4.78, 5) is 4.23. The lowest BCUT2D eigenvalue weighted by Gasteiger charge is -2.32. The van der Waals surface area contributed by atoms with Gasteiger partial charge in [0.05, 0.1) is 21.9 Å². The Morgan fingerprint density at radius 3 is 1.49 bits per heavy atom. The van der Waals surface area contributed by atoms with Gasteiger partial charge in [-0.3, -0.25) is 0 Å². The summed E-state index contributed by atoms with van der Waals surface area (Å²) < 4.78 is 41.1. The second-order valence-electron chi connectivity index (χ2n) is 20.9. The first kappa shape index (κ1) is 41.7. The molecular weight excluding hydrogens is 967 g/mol. The molecule has 2 aliphatic rings. The van der Waals surface area contributed by atoms with Crippen LogP contribution in [0.2, 0.25) is 0 Å². The lowest BCUT2D eigenvalue weighted by molar-refractivity contribution is 0.793. The van der Waals surface area contributed by atoms with Gasteiger partial charge in [-0.15, -0.1) is 0 Å². The molecular formula is C77H51N3. The van der Waals surface area contributed by atoms with Crippen LogP contribution in [-0.4, -0.2) is 4.57 Å². The van der Waals surface area contributed by atoms with E-state index in [1.54, 1.807) is 0 Å². The van der Waals surface area contributed by atoms with Crippen molar-refractivity contribution < 1.29 is 5.48 Å². The van der Waals surface area contributed by atoms with Crippen molar-refractivity contribution >= 4 is 66.7 Å². The highest BCUT2D eigenvalue weighted by molar-refractivity contribution is 6.11. The molecule has 0 bridgehead atoms. The third kappa shape index (κ3) is 7.07. The monoisotopic (exact) mass is 1020 g/mol. The van der Waals surface area contributed by atoms with Crippen LogP contribution in [0.4, 0.5) is 34.1 Å². The summed E-state index contributed by atoms with van der Waals surface area (Å²) in [6.45, 7) is 0. The van der Waals surface area contributed by atoms with E-state index in [2.05, 4.69) is 210 Å². The molecule has 374 valence electrons. The summed E-state index contributed by atoms with van der Waals surface area (Å²) in [5.74, 6) is 0. The topological polar surface area (TPSA) is 11.4 Å². The molecule has 2 aliphatic carbocycles. The zero-order chi connectivity index (χ0) is 56.2. The number of hydrogen-bond donors (Lipinski definition) is 0. The maximum absolute atomic E-state index is 9.68. The zero-order valence-electron chi connectivity index (χ0n) is 47.5. The molecule has 80 heavy (non-hydrogen) atoms. The van der Waals surface area contributed by atoms with Crippen molar-refractivity contribution in [2.45, 2.75) is 5.41 Å². The Balaban J connectivity index is 0.861. The van der Waals surface area contributed by atoms with E-state index in [-0.39, 0.29) is 35.4 Å². The fourth-order valence-electron chi connectivity index (χ4n) is 13.2. The lowest BCUT2D eigenvalue weighted by Crippen LogP contribution is -2.26. The van der Waals surface area contributed by atoms with Crippen LogP contribution in [0.25, 0.3) is 82.8 Å². The molecule has 0 saturated heterocycles. The Kier molecular flexibility index (Phi) is 9.55. The van der Waals surface area contributed by atoms with Crippen LogP contribution in [-0.2, 0) is 5.41 Å². The normalized spacial score (nSPS) is 13.3. The summed E-state index contributed by atoms with van der Waals surface area (Å²) in [6.07, 6.45) is 0. The molecule has 0 unspecified atom stereocenters. The predicted octanol–water partition coefficient (Wildman–Crippen LogP) is 20.6. The number of nitrogens with zero attached hydrogens (tertiary/aromatic N) is 3. The van der Waals surface area contributed by atoms with Gasteiger partial charge in [0.1, 0.15) is 0 Å². The fraction of sp³-hybridized carbons (Fsp3) is 0.0130. The average Bonchev–Trinajstić information content (AvgIpc) is 1.78. The summed E-state index contributed by atoms with van der Waals surface area (Å²) in [7, 11) is 0. The highest BCUT2D eigenvalue weighted by Gasteiger charge is 2.51. The first-order chi connectivity index (χ1) is 41.3. The minimum Gasteiger partial charge on any atom is -0.310 e. The van der Waals surface area contributed by atoms with Crippen LogP contribution in [0.3, 0.4) is 0 Å². The number of para-hydroxylation sites is 3. The molecule has 3 nitrogen and oxygen atoms in total. The van der Waals surface area contributed by atoms with Gasteiger partial charge in [0.2, 0.25) is 0 Å². The highest BCUT2D eigenvalue weighted by Crippen LogP contribution is 2.63. The van der Waals surface area contributed by atoms with Crippen LogP contribution in [0.1, 0.15) is 27.7 Å². The van der Waals surface area contributed by atoms with Crippen LogP contribution in [0.15, 0.2) is 309 Å². The molecule has 0 radical (unpaired) electrons. The Labute approximate surface area is 471 Å². The second kappa shape index (κ2) is 18.3. The van der Waals surface area contributed by atoms with Gasteiger partial charge in [-0.1, -0.05) is 212 Å². The van der Waals surface area contributed by atoms with Gasteiger partial charge in [0, 0.05) is 50.6 Å². The van der Waals surface area contributed by atoms with E-state index >= 15 is 0 Å². The van der Waals surface area contributed by atoms with Crippen molar-refractivity contribution in [3.63, 3.8) is 0 Å². The van der Waals surface area contributed by atoms with E-state index in [0.29, 0.717) is 5.56 Å². The Morgan fingerprint density at radius 2 is 0.762 bits per heavy atom. The molecule has 0 saturated carbocycles. The minimum atomic E-state index is -0.541. The first-order valence-electron chi connectivity index (χ1n) is 29.3. The van der Waals surface area contributed by atoms with Gasteiger partial charge in [-0.2, -0.15) is 0 Å². The quantitative estimate of drug-likeness (QED) is 0.143. The molecule has 1 aromatic heterocycles. The molecule has 0 amide bonds. The largest absolute Gasteiger partial charge is 0.310 e. The van der Waals surface area contributed by atoms with Gasteiger partial charge in [-0.05, 0) is 175 Å². The van der Waals surface area contributed by atoms with Crippen LogP contribution < -0.4 is 9.80 Å². The second-order valence-corrected chi connectivity index (χ2v) is 20.9. The van der Waals surface area contributed by atoms with Crippen LogP contribution >= 0.6 is 0 Å². The standard InChI is InChI=1S/C77H51N3/c1-4-19-52(20-5-1)54-21-18-26-61(48-54)78(58-22-6-2-7-23-58)60-40-37-53(38-41-60)55-35-36-57-49-62(42-39-56(57)47-55)79(64-44-46-70-69-30-13-17-34-75(69)80(76(70)51-64)59-24-8-3-9-25-59)63-43-45-68-67-29-12-16-33-73(67)77(74(68)50-63)71-31-14-10-27-65(71)66-28-11-15-32-72(66)77/h1-51H/i37D,38D,40D,41D. The van der Waals surface area contributed by atoms with Crippen molar-refractivity contribution in [2.75, 3.05) is 9.80 Å². The van der Waals surface area contributed by atoms with E-state index in [9.17, 15) is 5.48 Å². The fourth-order valence-corrected chi connectivity index (χ4v) is 13.2. The van der Waals surface area contributed by atoms with Gasteiger partial charge in [0.25, 0.3) is 0 Å². The molecule has 3 heteroatoms. The maximum Gasteiger partial charge on any atom is 0.0726 e. The van der Waals surface area contributed by atoms with Gasteiger partial charge < -0.3 is 14.4 Å². The van der Waals surface area contributed by atoms with Crippen LogP contribution in [0.5, 0.6) is 0 Å². The van der Waals surface area contributed by atoms with E-state index < -0.39 is 5.41 Å². The van der Waals surface area contributed by atoms with Crippen LogP contribution in [0, 0.1) is 0 Å². The predicted molar refractivity (Wildman–Crippen MR) is 335 cm³/mol. The Morgan fingerprint density at radius 1 is 0.275 bits per heavy atom. The number of aromatic nitrogens is 1. The van der Waals surface area contributed by atoms with Crippen molar-refractivity contribution in [3.8, 4) is 50.2 Å². The van der Waals surface area contributed by atoms with Gasteiger partial charge in [-0.25, -0.2) is 0 Å². The van der Waals surface area contributed by atoms with Crippen molar-refractivity contribution in [1.29, 1.82) is 0 Å². The van der Waals surface area contributed by atoms with E-state index in [1.165, 1.54) is 55.3 Å². The number of anilines is 6. The maximum atomic E-state index is 9.68. The summed E-state index contributed by atoms with van der Waals surface area (Å²) >= 11 is 0. The minimum absolute atomic E-state index is 0.111. The van der Waals surface area contributed by atoms with Crippen molar-refractivity contribution in [1.82, 2.24) is 4.57 Å². The van der Waals surface area contributed by atoms with Gasteiger partial charge >= 0.3 is 0 Å². The molecule has 1 spiro atoms. The molecule has 0 aliphatic heterocycles. The SMILES string of the molecule is [2H]c1c([2H])c(N(c2ccccc2)c2cccc(-c3ccccc3)c2)c([2H])c([2H])c1-c1ccc2cc(N(c3ccc4c(c3)C3(c5ccccc5-c5ccccc53)c3ccccc3-4)c3ccc4c5ccccc5n(-c5ccccc5)c4c3)ccc2c1. The molecule has 14 aromatic rings. The molecule has 0 N–H and O–H groups in total. The Hall–Kier alpha value is -10.5. The summed E-state index contributed by atoms with van der Waals surface area (Å²) in [5, 5.41) is 4.22. The summed E-state index contributed by atoms with van der Waals surface area (Å²) in [5.41, 5.74) is 20.3. The third-order valence-corrected chi connectivity index (χ3v) is 16.6. The van der Waals surface area contributed by atoms with Gasteiger partial charge in [0.15, 0.2) is 0 Å². The van der Waals surface area contributed by atoms with Crippen molar-refractivity contribution in [3.05, 3.63) is 332 Å². The number of hydrogen-bond acceptors (Lipinski definition) is 2. The summed E-state index contributed by atoms with van der Waals surface area (Å²) in [6, 6.07) is 99.7. The molecule has 0 fully saturated rings. The zero-order valence-corrected chi connectivity index (χ0v) is 43.5. The molecule has 13 aromatic carbocycles. The molecule has 1 heterocycles. The number of rotatable bonds is 9. The lowest BCUT2D eigenvalue weighted by atomic mass is 9.70. The number of fused-ring (bicyclic) bond motifs is 14. The van der Waals surface area contributed by atoms with E-state index in [0.717, 1.165) is 67.1 Å². The molecule has 16 rings (SSSR count). The van der Waals surface area contributed by atoms with E-state index in [1.807, 2.05) is 89.8 Å². The smallest absolute Gasteiger partial charge is 0.0726 e. The Bertz CT molecular complexity index is 4880. The average molecular weight is 1020 g/mol. The number of benzene rings is 13. The highest BCUT2D eigenvalue weighted by atomic mass is 15.1.